The molecule has 0 bridgehead atoms. The predicted octanol–water partition coefficient (Wildman–Crippen LogP) is 11.1. The Kier molecular flexibility index (Phi) is 7.40. The first-order valence-electron chi connectivity index (χ1n) is 15.4. The molecule has 2 aliphatic rings. The van der Waals surface area contributed by atoms with Crippen molar-refractivity contribution in [1.29, 1.82) is 0 Å². The van der Waals surface area contributed by atoms with Crippen LogP contribution < -0.4 is 0 Å². The Morgan fingerprint density at radius 1 is 0.585 bits per heavy atom. The number of benzene rings is 4. The van der Waals surface area contributed by atoms with Crippen molar-refractivity contribution in [3.8, 4) is 22.3 Å². The quantitative estimate of drug-likeness (QED) is 0.174. The van der Waals surface area contributed by atoms with Crippen LogP contribution in [0.5, 0.6) is 0 Å². The van der Waals surface area contributed by atoms with E-state index in [4.69, 9.17) is 0 Å². The standard InChI is InChI=1S/2C17H15.C3H8Si.2CH3.Hf/c2*1-12-6-3-9-15(13(12)2)17-11-5-8-14-7-4-10-16(14)17;1-2-3-4;;;/h2*3-11H,1-2H3;4H,2-3H2,1H3;2*1H3;. The number of fused-ring (bicyclic) bond motifs is 2. The summed E-state index contributed by atoms with van der Waals surface area (Å²) in [5.74, 6) is 0. The first kappa shape index (κ1) is 28.6. The van der Waals surface area contributed by atoms with Gasteiger partial charge in [0, 0.05) is 0 Å². The normalized spacial score (nSPS) is 17.6. The summed E-state index contributed by atoms with van der Waals surface area (Å²) in [7, 11) is 0. The van der Waals surface area contributed by atoms with E-state index in [2.05, 4.69) is 141 Å². The summed E-state index contributed by atoms with van der Waals surface area (Å²) in [4.78, 5) is 0. The zero-order valence-electron chi connectivity index (χ0n) is 25.9. The van der Waals surface area contributed by atoms with E-state index in [1.807, 2.05) is 0 Å². The van der Waals surface area contributed by atoms with Gasteiger partial charge >= 0.3 is 251 Å². The fourth-order valence-corrected chi connectivity index (χ4v) is 48.0. The van der Waals surface area contributed by atoms with Crippen LogP contribution in [0.3, 0.4) is 0 Å². The van der Waals surface area contributed by atoms with Gasteiger partial charge in [-0.25, -0.2) is 0 Å². The molecule has 0 spiro atoms. The van der Waals surface area contributed by atoms with Gasteiger partial charge < -0.3 is 0 Å². The minimum atomic E-state index is -3.65. The van der Waals surface area contributed by atoms with Crippen molar-refractivity contribution in [2.45, 2.75) is 63.8 Å². The van der Waals surface area contributed by atoms with E-state index < -0.39 is 17.1 Å². The van der Waals surface area contributed by atoms with E-state index in [0.717, 1.165) is 0 Å². The number of allylic oxidation sites excluding steroid dienone is 2. The summed E-state index contributed by atoms with van der Waals surface area (Å²) in [5, 5.41) is 0. The molecule has 0 nitrogen and oxygen atoms in total. The van der Waals surface area contributed by atoms with Gasteiger partial charge in [0.05, 0.1) is 0 Å². The van der Waals surface area contributed by atoms with Gasteiger partial charge in [-0.05, 0) is 0 Å². The van der Waals surface area contributed by atoms with Crippen molar-refractivity contribution in [1.82, 2.24) is 0 Å². The van der Waals surface area contributed by atoms with Crippen LogP contribution in [0.15, 0.2) is 84.9 Å². The second-order valence-electron chi connectivity index (χ2n) is 13.5. The van der Waals surface area contributed by atoms with E-state index in [-0.39, 0.29) is 0 Å². The number of hydrogen-bond donors (Lipinski definition) is 0. The zero-order valence-corrected chi connectivity index (χ0v) is 30.6. The Labute approximate surface area is 249 Å². The topological polar surface area (TPSA) is 0 Å². The van der Waals surface area contributed by atoms with Crippen LogP contribution in [0.2, 0.25) is 15.4 Å². The SMILES string of the molecule is CCC[SiH]=[Hf]([CH3])([CH3])([CH]1C=Cc2c(-c3cccc(C)c3C)cccc21)[CH]1C=Cc2c(-c3cccc(C)c3C)cccc21. The molecule has 0 saturated heterocycles. The Balaban J connectivity index is 1.52. The molecule has 41 heavy (non-hydrogen) atoms. The first-order chi connectivity index (χ1) is 19.6. The van der Waals surface area contributed by atoms with E-state index in [1.165, 1.54) is 68.1 Å². The third-order valence-electron chi connectivity index (χ3n) is 10.7. The van der Waals surface area contributed by atoms with Crippen molar-refractivity contribution in [2.75, 3.05) is 0 Å². The molecule has 4 aromatic carbocycles. The summed E-state index contributed by atoms with van der Waals surface area (Å²) in [5.41, 5.74) is 17.3. The molecule has 0 amide bonds. The molecule has 0 fully saturated rings. The van der Waals surface area contributed by atoms with Gasteiger partial charge in [-0.15, -0.1) is 0 Å². The fraction of sp³-hybridized carbons (Fsp3) is 0.282. The second-order valence-corrected chi connectivity index (χ2v) is 57.9. The molecule has 2 heteroatoms. The van der Waals surface area contributed by atoms with E-state index in [9.17, 15) is 0 Å². The Hall–Kier alpha value is -2.55. The molecule has 0 N–H and O–H groups in total. The molecular weight excluding hydrogens is 675 g/mol. The number of hydrogen-bond acceptors (Lipinski definition) is 0. The summed E-state index contributed by atoms with van der Waals surface area (Å²) >= 11 is -3.65. The molecular formula is C39H44HfSi. The molecule has 4 aromatic rings. The first-order valence-corrected chi connectivity index (χ1v) is 34.4. The van der Waals surface area contributed by atoms with Crippen LogP contribution in [-0.2, 0) is 17.1 Å². The van der Waals surface area contributed by atoms with Crippen LogP contribution in [0.1, 0.15) is 65.2 Å². The molecule has 208 valence electrons. The average molecular weight is 719 g/mol. The van der Waals surface area contributed by atoms with Gasteiger partial charge in [0.2, 0.25) is 0 Å². The Bertz CT molecular complexity index is 1690. The van der Waals surface area contributed by atoms with E-state index in [0.29, 0.717) is 13.6 Å². The average Bonchev–Trinajstić information content (AvgIpc) is 3.61. The minimum absolute atomic E-state index is 0.394. The zero-order chi connectivity index (χ0) is 29.0. The number of rotatable bonds is 6. The van der Waals surface area contributed by atoms with Gasteiger partial charge in [0.1, 0.15) is 0 Å². The maximum atomic E-state index is 2.84. The fourth-order valence-electron chi connectivity index (χ4n) is 7.86. The Morgan fingerprint density at radius 2 is 1.00 bits per heavy atom. The van der Waals surface area contributed by atoms with Crippen LogP contribution in [-0.4, -0.2) is 6.22 Å². The maximum absolute atomic E-state index is 3.65. The molecule has 0 saturated carbocycles. The van der Waals surface area contributed by atoms with Crippen LogP contribution in [0.4, 0.5) is 0 Å². The van der Waals surface area contributed by atoms with Gasteiger partial charge in [0.25, 0.3) is 0 Å². The molecule has 6 rings (SSSR count). The summed E-state index contributed by atoms with van der Waals surface area (Å²) in [6, 6.07) is 29.2. The van der Waals surface area contributed by atoms with Gasteiger partial charge in [-0.2, -0.15) is 0 Å². The van der Waals surface area contributed by atoms with E-state index in [1.54, 1.807) is 11.1 Å². The molecule has 2 atom stereocenters. The Morgan fingerprint density at radius 3 is 1.44 bits per heavy atom. The molecule has 0 aliphatic heterocycles. The molecule has 2 unspecified atom stereocenters. The predicted molar refractivity (Wildman–Crippen MR) is 180 cm³/mol. The molecule has 0 heterocycles. The van der Waals surface area contributed by atoms with Crippen LogP contribution in [0, 0.1) is 27.7 Å². The van der Waals surface area contributed by atoms with Crippen molar-refractivity contribution >= 4 is 18.4 Å². The van der Waals surface area contributed by atoms with Gasteiger partial charge in [0.15, 0.2) is 0 Å². The molecule has 2 aliphatic carbocycles. The van der Waals surface area contributed by atoms with Crippen LogP contribution in [0.25, 0.3) is 34.4 Å². The molecule has 0 radical (unpaired) electrons. The van der Waals surface area contributed by atoms with Crippen LogP contribution >= 0.6 is 0 Å². The van der Waals surface area contributed by atoms with Gasteiger partial charge in [-0.3, -0.25) is 0 Å². The summed E-state index contributed by atoms with van der Waals surface area (Å²) in [6.07, 6.45) is 12.0. The van der Waals surface area contributed by atoms with Crippen molar-refractivity contribution in [2.24, 2.45) is 0 Å². The second kappa shape index (κ2) is 10.6. The summed E-state index contributed by atoms with van der Waals surface area (Å²) in [6.45, 7) is 11.4. The third-order valence-corrected chi connectivity index (χ3v) is 53.4. The van der Waals surface area contributed by atoms with Gasteiger partial charge in [-0.1, -0.05) is 0 Å². The number of aryl methyl sites for hydroxylation is 2. The van der Waals surface area contributed by atoms with Crippen molar-refractivity contribution < 1.29 is 17.1 Å². The third kappa shape index (κ3) is 4.57. The van der Waals surface area contributed by atoms with Crippen molar-refractivity contribution in [3.05, 3.63) is 129 Å². The summed E-state index contributed by atoms with van der Waals surface area (Å²) < 4.78 is 6.84. The molecule has 0 aromatic heterocycles. The van der Waals surface area contributed by atoms with Crippen molar-refractivity contribution in [3.63, 3.8) is 0 Å². The monoisotopic (exact) mass is 720 g/mol. The van der Waals surface area contributed by atoms with E-state index >= 15 is 0 Å².